The van der Waals surface area contributed by atoms with Crippen molar-refractivity contribution in [3.8, 4) is 0 Å². The maximum absolute atomic E-state index is 11.9. The molecule has 2 atom stereocenters. The molecule has 1 N–H and O–H groups in total. The zero-order valence-electron chi connectivity index (χ0n) is 12.1. The van der Waals surface area contributed by atoms with Crippen molar-refractivity contribution in [3.63, 3.8) is 0 Å². The lowest BCUT2D eigenvalue weighted by Crippen LogP contribution is -2.16. The van der Waals surface area contributed by atoms with E-state index in [1.54, 1.807) is 0 Å². The monoisotopic (exact) mass is 291 g/mol. The first kappa shape index (κ1) is 15.0. The van der Waals surface area contributed by atoms with E-state index in [1.807, 2.05) is 6.92 Å². The highest BCUT2D eigenvalue weighted by Gasteiger charge is 2.39. The van der Waals surface area contributed by atoms with E-state index in [0.717, 1.165) is 6.42 Å². The summed E-state index contributed by atoms with van der Waals surface area (Å²) in [6.45, 7) is 2.00. The fourth-order valence-electron chi connectivity index (χ4n) is 2.09. The smallest absolute Gasteiger partial charge is 0.337 e. The Hall–Kier alpha value is -2.37. The van der Waals surface area contributed by atoms with Crippen LogP contribution in [-0.4, -0.2) is 32.1 Å². The summed E-state index contributed by atoms with van der Waals surface area (Å²) in [5.74, 6) is -0.922. The highest BCUT2D eigenvalue weighted by Crippen LogP contribution is 2.38. The maximum Gasteiger partial charge on any atom is 0.337 e. The van der Waals surface area contributed by atoms with Gasteiger partial charge in [-0.1, -0.05) is 6.92 Å². The minimum Gasteiger partial charge on any atom is -0.465 e. The summed E-state index contributed by atoms with van der Waals surface area (Å²) < 4.78 is 9.28. The van der Waals surface area contributed by atoms with E-state index in [-0.39, 0.29) is 23.0 Å². The number of anilines is 1. The number of esters is 2. The number of hydrogen-bond donors (Lipinski definition) is 1. The Morgan fingerprint density at radius 2 is 1.52 bits per heavy atom. The van der Waals surface area contributed by atoms with Crippen molar-refractivity contribution >= 4 is 23.5 Å². The molecule has 0 heterocycles. The van der Waals surface area contributed by atoms with Crippen LogP contribution in [0.4, 0.5) is 5.69 Å². The van der Waals surface area contributed by atoms with E-state index in [4.69, 9.17) is 0 Å². The number of nitrogens with one attached hydrogen (secondary N) is 1. The van der Waals surface area contributed by atoms with Crippen LogP contribution in [0.25, 0.3) is 0 Å². The van der Waals surface area contributed by atoms with Gasteiger partial charge in [-0.2, -0.15) is 0 Å². The summed E-state index contributed by atoms with van der Waals surface area (Å²) in [5.41, 5.74) is 0.737. The fraction of sp³-hybridized carbons (Fsp3) is 0.400. The third kappa shape index (κ3) is 3.39. The van der Waals surface area contributed by atoms with Crippen LogP contribution < -0.4 is 5.32 Å². The molecule has 0 saturated heterocycles. The molecule has 1 aromatic rings. The molecule has 1 aliphatic rings. The lowest BCUT2D eigenvalue weighted by molar-refractivity contribution is -0.117. The van der Waals surface area contributed by atoms with Gasteiger partial charge < -0.3 is 14.8 Å². The number of carbonyl (C=O) groups excluding carboxylic acids is 3. The van der Waals surface area contributed by atoms with Crippen molar-refractivity contribution in [3.05, 3.63) is 29.3 Å². The third-order valence-electron chi connectivity index (χ3n) is 3.49. The quantitative estimate of drug-likeness (QED) is 0.856. The first-order chi connectivity index (χ1) is 9.96. The molecule has 6 heteroatoms. The van der Waals surface area contributed by atoms with Gasteiger partial charge in [0.2, 0.25) is 5.91 Å². The molecule has 1 aliphatic carbocycles. The van der Waals surface area contributed by atoms with Crippen LogP contribution in [0.2, 0.25) is 0 Å². The summed E-state index contributed by atoms with van der Waals surface area (Å²) in [5, 5.41) is 2.72. The summed E-state index contributed by atoms with van der Waals surface area (Å²) in [6, 6.07) is 4.32. The first-order valence-electron chi connectivity index (χ1n) is 6.59. The first-order valence-corrected chi connectivity index (χ1v) is 6.59. The Kier molecular flexibility index (Phi) is 4.26. The van der Waals surface area contributed by atoms with Crippen molar-refractivity contribution in [2.75, 3.05) is 19.5 Å². The van der Waals surface area contributed by atoms with Gasteiger partial charge in [0.25, 0.3) is 0 Å². The van der Waals surface area contributed by atoms with Crippen molar-refractivity contribution in [2.45, 2.75) is 13.3 Å². The van der Waals surface area contributed by atoms with Gasteiger partial charge in [0.05, 0.1) is 25.3 Å². The van der Waals surface area contributed by atoms with Crippen molar-refractivity contribution < 1.29 is 23.9 Å². The van der Waals surface area contributed by atoms with E-state index in [0.29, 0.717) is 11.6 Å². The fourth-order valence-corrected chi connectivity index (χ4v) is 2.09. The topological polar surface area (TPSA) is 81.7 Å². The minimum atomic E-state index is -0.587. The Balaban J connectivity index is 2.28. The van der Waals surface area contributed by atoms with Crippen LogP contribution in [0.5, 0.6) is 0 Å². The summed E-state index contributed by atoms with van der Waals surface area (Å²) >= 11 is 0. The number of ether oxygens (including phenoxy) is 2. The van der Waals surface area contributed by atoms with Gasteiger partial charge in [0.1, 0.15) is 0 Å². The molecule has 2 unspecified atom stereocenters. The summed E-state index contributed by atoms with van der Waals surface area (Å²) in [6.07, 6.45) is 0.854. The zero-order chi connectivity index (χ0) is 15.6. The van der Waals surface area contributed by atoms with Crippen LogP contribution in [0.1, 0.15) is 34.1 Å². The molecule has 0 spiro atoms. The van der Waals surface area contributed by atoms with Crippen LogP contribution in [0.15, 0.2) is 18.2 Å². The van der Waals surface area contributed by atoms with Gasteiger partial charge >= 0.3 is 11.9 Å². The molecule has 0 aromatic heterocycles. The normalized spacial score (nSPS) is 19.6. The molecule has 2 rings (SSSR count). The van der Waals surface area contributed by atoms with Crippen LogP contribution in [0, 0.1) is 11.8 Å². The molecule has 1 saturated carbocycles. The van der Waals surface area contributed by atoms with Crippen molar-refractivity contribution in [2.24, 2.45) is 11.8 Å². The standard InChI is InChI=1S/C15H17NO5/c1-8-4-12(8)13(17)16-11-6-9(14(18)20-2)5-10(7-11)15(19)21-3/h5-8,12H,4H2,1-3H3,(H,16,17). The van der Waals surface area contributed by atoms with E-state index in [1.165, 1.54) is 32.4 Å². The van der Waals surface area contributed by atoms with E-state index in [2.05, 4.69) is 14.8 Å². The van der Waals surface area contributed by atoms with Crippen LogP contribution in [0.3, 0.4) is 0 Å². The van der Waals surface area contributed by atoms with Crippen LogP contribution in [-0.2, 0) is 14.3 Å². The van der Waals surface area contributed by atoms with Gasteiger partial charge in [0, 0.05) is 11.6 Å². The predicted octanol–water partition coefficient (Wildman–Crippen LogP) is 1.85. The highest BCUT2D eigenvalue weighted by molar-refractivity contribution is 6.00. The van der Waals surface area contributed by atoms with Gasteiger partial charge in [-0.05, 0) is 30.5 Å². The number of amides is 1. The highest BCUT2D eigenvalue weighted by atomic mass is 16.5. The second-order valence-electron chi connectivity index (χ2n) is 5.09. The molecule has 0 aliphatic heterocycles. The number of rotatable bonds is 4. The van der Waals surface area contributed by atoms with Gasteiger partial charge in [-0.15, -0.1) is 0 Å². The van der Waals surface area contributed by atoms with Crippen LogP contribution >= 0.6 is 0 Å². The van der Waals surface area contributed by atoms with Crippen molar-refractivity contribution in [1.82, 2.24) is 0 Å². The lowest BCUT2D eigenvalue weighted by Gasteiger charge is -2.09. The Morgan fingerprint density at radius 1 is 1.05 bits per heavy atom. The predicted molar refractivity (Wildman–Crippen MR) is 75.0 cm³/mol. The number of carbonyl (C=O) groups is 3. The molecular weight excluding hydrogens is 274 g/mol. The average Bonchev–Trinajstić information content (AvgIpc) is 3.22. The molecule has 1 amide bonds. The number of hydrogen-bond acceptors (Lipinski definition) is 5. The SMILES string of the molecule is COC(=O)c1cc(NC(=O)C2CC2C)cc(C(=O)OC)c1. The molecule has 0 bridgehead atoms. The Morgan fingerprint density at radius 3 is 1.90 bits per heavy atom. The number of methoxy groups -OCH3 is 2. The maximum atomic E-state index is 11.9. The minimum absolute atomic E-state index is 0.00615. The summed E-state index contributed by atoms with van der Waals surface area (Å²) in [7, 11) is 2.49. The molecule has 0 radical (unpaired) electrons. The van der Waals surface area contributed by atoms with E-state index in [9.17, 15) is 14.4 Å². The second-order valence-corrected chi connectivity index (χ2v) is 5.09. The molecule has 6 nitrogen and oxygen atoms in total. The van der Waals surface area contributed by atoms with E-state index >= 15 is 0 Å². The Labute approximate surface area is 122 Å². The van der Waals surface area contributed by atoms with Crippen molar-refractivity contribution in [1.29, 1.82) is 0 Å². The molecular formula is C15H17NO5. The molecule has 1 aromatic carbocycles. The van der Waals surface area contributed by atoms with E-state index < -0.39 is 11.9 Å². The average molecular weight is 291 g/mol. The van der Waals surface area contributed by atoms with Gasteiger partial charge in [-0.3, -0.25) is 4.79 Å². The third-order valence-corrected chi connectivity index (χ3v) is 3.49. The Bertz CT molecular complexity index is 561. The number of benzene rings is 1. The summed E-state index contributed by atoms with van der Waals surface area (Å²) in [4.78, 5) is 35.2. The zero-order valence-corrected chi connectivity index (χ0v) is 12.1. The largest absolute Gasteiger partial charge is 0.465 e. The molecule has 112 valence electrons. The lowest BCUT2D eigenvalue weighted by atomic mass is 10.1. The molecule has 21 heavy (non-hydrogen) atoms. The molecule has 1 fully saturated rings. The van der Waals surface area contributed by atoms with Gasteiger partial charge in [-0.25, -0.2) is 9.59 Å². The van der Waals surface area contributed by atoms with Gasteiger partial charge in [0.15, 0.2) is 0 Å². The second kappa shape index (κ2) is 5.95.